The van der Waals surface area contributed by atoms with Gasteiger partial charge in [-0.1, -0.05) is 0 Å². The Balaban J connectivity index is 3.74. The van der Waals surface area contributed by atoms with Gasteiger partial charge in [-0.3, -0.25) is 4.79 Å². The second-order valence-corrected chi connectivity index (χ2v) is 4.43. The third kappa shape index (κ3) is 5.50. The molecule has 0 radical (unpaired) electrons. The number of carbonyl (C=O) groups excluding carboxylic acids is 1. The SMILES string of the molecule is CNCCCC(=O)N(C)C(C)CSC. The molecule has 1 N–H and O–H groups in total. The quantitative estimate of drug-likeness (QED) is 0.652. The summed E-state index contributed by atoms with van der Waals surface area (Å²) >= 11 is 1.78. The van der Waals surface area contributed by atoms with Crippen LogP contribution in [0.4, 0.5) is 0 Å². The summed E-state index contributed by atoms with van der Waals surface area (Å²) in [6, 6.07) is 0.340. The van der Waals surface area contributed by atoms with Gasteiger partial charge in [0.15, 0.2) is 0 Å². The van der Waals surface area contributed by atoms with E-state index in [-0.39, 0.29) is 5.91 Å². The molecule has 1 atom stereocenters. The lowest BCUT2D eigenvalue weighted by molar-refractivity contribution is -0.131. The fourth-order valence-electron chi connectivity index (χ4n) is 1.19. The van der Waals surface area contributed by atoms with E-state index in [1.807, 2.05) is 19.0 Å². The van der Waals surface area contributed by atoms with E-state index in [1.165, 1.54) is 0 Å². The van der Waals surface area contributed by atoms with Gasteiger partial charge in [0.05, 0.1) is 0 Å². The molecule has 84 valence electrons. The maximum Gasteiger partial charge on any atom is 0.222 e. The summed E-state index contributed by atoms with van der Waals surface area (Å²) < 4.78 is 0. The Bertz CT molecular complexity index is 164. The Kier molecular flexibility index (Phi) is 7.99. The molecule has 0 saturated carbocycles. The molecule has 0 aromatic rings. The molecule has 3 nitrogen and oxygen atoms in total. The van der Waals surface area contributed by atoms with Crippen LogP contribution >= 0.6 is 11.8 Å². The average molecular weight is 218 g/mol. The van der Waals surface area contributed by atoms with Crippen molar-refractivity contribution in [3.63, 3.8) is 0 Å². The molecular weight excluding hydrogens is 196 g/mol. The molecule has 0 aromatic carbocycles. The van der Waals surface area contributed by atoms with E-state index in [0.29, 0.717) is 12.5 Å². The van der Waals surface area contributed by atoms with Crippen molar-refractivity contribution in [3.05, 3.63) is 0 Å². The number of nitrogens with zero attached hydrogens (tertiary/aromatic N) is 1. The second kappa shape index (κ2) is 8.12. The molecule has 14 heavy (non-hydrogen) atoms. The second-order valence-electron chi connectivity index (χ2n) is 3.52. The minimum absolute atomic E-state index is 0.252. The summed E-state index contributed by atoms with van der Waals surface area (Å²) in [6.07, 6.45) is 3.64. The summed E-state index contributed by atoms with van der Waals surface area (Å²) in [5.41, 5.74) is 0. The molecule has 0 bridgehead atoms. The highest BCUT2D eigenvalue weighted by atomic mass is 32.2. The smallest absolute Gasteiger partial charge is 0.222 e. The first-order chi connectivity index (χ1) is 6.63. The topological polar surface area (TPSA) is 32.3 Å². The first-order valence-corrected chi connectivity index (χ1v) is 6.42. The van der Waals surface area contributed by atoms with E-state index >= 15 is 0 Å². The van der Waals surface area contributed by atoms with Crippen LogP contribution in [0.15, 0.2) is 0 Å². The van der Waals surface area contributed by atoms with Crippen LogP contribution in [0.25, 0.3) is 0 Å². The predicted molar refractivity (Wildman–Crippen MR) is 63.8 cm³/mol. The zero-order valence-electron chi connectivity index (χ0n) is 9.67. The number of rotatable bonds is 7. The molecule has 0 fully saturated rings. The van der Waals surface area contributed by atoms with Gasteiger partial charge in [0, 0.05) is 25.3 Å². The highest BCUT2D eigenvalue weighted by Crippen LogP contribution is 2.06. The van der Waals surface area contributed by atoms with Crippen LogP contribution in [-0.2, 0) is 4.79 Å². The van der Waals surface area contributed by atoms with Gasteiger partial charge in [-0.15, -0.1) is 0 Å². The van der Waals surface area contributed by atoms with Crippen LogP contribution in [0.1, 0.15) is 19.8 Å². The Hall–Kier alpha value is -0.220. The van der Waals surface area contributed by atoms with Gasteiger partial charge in [-0.2, -0.15) is 11.8 Å². The zero-order valence-corrected chi connectivity index (χ0v) is 10.5. The van der Waals surface area contributed by atoms with Crippen LogP contribution in [0.5, 0.6) is 0 Å². The van der Waals surface area contributed by atoms with E-state index in [4.69, 9.17) is 0 Å². The molecule has 1 unspecified atom stereocenters. The molecule has 0 aliphatic heterocycles. The molecule has 0 spiro atoms. The van der Waals surface area contributed by atoms with Crippen LogP contribution in [0.2, 0.25) is 0 Å². The standard InChI is InChI=1S/C10H22N2OS/c1-9(8-14-4)12(3)10(13)6-5-7-11-2/h9,11H,5-8H2,1-4H3. The van der Waals surface area contributed by atoms with Crippen LogP contribution < -0.4 is 5.32 Å². The predicted octanol–water partition coefficient (Wildman–Crippen LogP) is 1.20. The van der Waals surface area contributed by atoms with Crippen molar-refractivity contribution in [1.29, 1.82) is 0 Å². The number of amides is 1. The lowest BCUT2D eigenvalue weighted by Gasteiger charge is -2.24. The highest BCUT2D eigenvalue weighted by Gasteiger charge is 2.14. The van der Waals surface area contributed by atoms with Gasteiger partial charge in [-0.25, -0.2) is 0 Å². The first kappa shape index (κ1) is 13.8. The first-order valence-electron chi connectivity index (χ1n) is 5.02. The van der Waals surface area contributed by atoms with Crippen LogP contribution in [-0.4, -0.2) is 49.5 Å². The Labute approximate surface area is 91.6 Å². The van der Waals surface area contributed by atoms with Crippen molar-refractivity contribution in [1.82, 2.24) is 10.2 Å². The van der Waals surface area contributed by atoms with Crippen molar-refractivity contribution in [2.45, 2.75) is 25.8 Å². The summed E-state index contributed by atoms with van der Waals surface area (Å²) in [7, 11) is 3.80. The summed E-state index contributed by atoms with van der Waals surface area (Å²) in [5.74, 6) is 1.26. The lowest BCUT2D eigenvalue weighted by atomic mass is 10.2. The summed E-state index contributed by atoms with van der Waals surface area (Å²) in [4.78, 5) is 13.5. The molecule has 0 rings (SSSR count). The average Bonchev–Trinajstić information content (AvgIpc) is 2.17. The number of thioether (sulfide) groups is 1. The van der Waals surface area contributed by atoms with E-state index in [2.05, 4.69) is 18.5 Å². The Morgan fingerprint density at radius 3 is 2.71 bits per heavy atom. The molecule has 0 heterocycles. The van der Waals surface area contributed by atoms with Crippen molar-refractivity contribution in [2.24, 2.45) is 0 Å². The molecule has 1 amide bonds. The van der Waals surface area contributed by atoms with Gasteiger partial charge in [0.1, 0.15) is 0 Å². The van der Waals surface area contributed by atoms with E-state index in [0.717, 1.165) is 18.7 Å². The molecule has 0 aliphatic rings. The number of hydrogen-bond donors (Lipinski definition) is 1. The molecular formula is C10H22N2OS. The fraction of sp³-hybridized carbons (Fsp3) is 0.900. The number of nitrogens with one attached hydrogen (secondary N) is 1. The van der Waals surface area contributed by atoms with E-state index in [9.17, 15) is 4.79 Å². The van der Waals surface area contributed by atoms with Crippen molar-refractivity contribution < 1.29 is 4.79 Å². The maximum atomic E-state index is 11.6. The van der Waals surface area contributed by atoms with Crippen molar-refractivity contribution >= 4 is 17.7 Å². The minimum atomic E-state index is 0.252. The maximum absolute atomic E-state index is 11.6. The van der Waals surface area contributed by atoms with E-state index in [1.54, 1.807) is 11.8 Å². The lowest BCUT2D eigenvalue weighted by Crippen LogP contribution is -2.36. The van der Waals surface area contributed by atoms with Crippen molar-refractivity contribution in [3.8, 4) is 0 Å². The Morgan fingerprint density at radius 2 is 2.21 bits per heavy atom. The third-order valence-corrected chi connectivity index (χ3v) is 3.10. The summed E-state index contributed by atoms with van der Waals surface area (Å²) in [6.45, 7) is 3.00. The van der Waals surface area contributed by atoms with Crippen LogP contribution in [0, 0.1) is 0 Å². The third-order valence-electron chi connectivity index (χ3n) is 2.28. The van der Waals surface area contributed by atoms with Gasteiger partial charge >= 0.3 is 0 Å². The van der Waals surface area contributed by atoms with E-state index < -0.39 is 0 Å². The number of carbonyl (C=O) groups is 1. The monoisotopic (exact) mass is 218 g/mol. The fourth-order valence-corrected chi connectivity index (χ4v) is 1.90. The minimum Gasteiger partial charge on any atom is -0.342 e. The van der Waals surface area contributed by atoms with Crippen molar-refractivity contribution in [2.75, 3.05) is 32.6 Å². The molecule has 0 saturated heterocycles. The largest absolute Gasteiger partial charge is 0.342 e. The van der Waals surface area contributed by atoms with Gasteiger partial charge in [0.25, 0.3) is 0 Å². The number of hydrogen-bond acceptors (Lipinski definition) is 3. The molecule has 4 heteroatoms. The van der Waals surface area contributed by atoms with Gasteiger partial charge < -0.3 is 10.2 Å². The molecule has 0 aliphatic carbocycles. The Morgan fingerprint density at radius 1 is 1.57 bits per heavy atom. The highest BCUT2D eigenvalue weighted by molar-refractivity contribution is 7.98. The van der Waals surface area contributed by atoms with Gasteiger partial charge in [-0.05, 0) is 33.2 Å². The normalized spacial score (nSPS) is 12.6. The van der Waals surface area contributed by atoms with Gasteiger partial charge in [0.2, 0.25) is 5.91 Å². The zero-order chi connectivity index (χ0) is 11.0. The summed E-state index contributed by atoms with van der Waals surface area (Å²) in [5, 5.41) is 3.04. The molecule has 0 aromatic heterocycles. The van der Waals surface area contributed by atoms with Crippen LogP contribution in [0.3, 0.4) is 0 Å².